The maximum absolute atomic E-state index is 13.0. The number of carboxylic acids is 1. The Bertz CT molecular complexity index is 1470. The second-order valence-corrected chi connectivity index (χ2v) is 11.7. The van der Waals surface area contributed by atoms with E-state index in [1.54, 1.807) is 13.8 Å². The van der Waals surface area contributed by atoms with Gasteiger partial charge in [-0.05, 0) is 37.3 Å². The van der Waals surface area contributed by atoms with Crippen molar-refractivity contribution in [3.63, 3.8) is 0 Å². The van der Waals surface area contributed by atoms with Crippen molar-refractivity contribution in [2.45, 2.75) is 77.4 Å². The Morgan fingerprint density at radius 2 is 1.33 bits per heavy atom. The van der Waals surface area contributed by atoms with Crippen LogP contribution in [0.3, 0.4) is 0 Å². The minimum absolute atomic E-state index is 0.144. The van der Waals surface area contributed by atoms with E-state index < -0.39 is 72.4 Å². The minimum atomic E-state index is -1.47. The SMILES string of the molecule is CC(NC(=O)[C@@H]1O[C@H]1C(=O)N(CC(=O)O)NC(=O)[C@H](C)NC(=O)[C@@H](NC(=O)CCc1ccccc1)C(C)C)C(=O)NCc1ccccc1. The average molecular weight is 667 g/mol. The van der Waals surface area contributed by atoms with Crippen LogP contribution in [0.25, 0.3) is 0 Å². The Balaban J connectivity index is 1.50. The number of benzene rings is 2. The van der Waals surface area contributed by atoms with Crippen LogP contribution >= 0.6 is 0 Å². The normalized spacial score (nSPS) is 16.8. The fraction of sp³-hybridized carbons (Fsp3) is 0.424. The highest BCUT2D eigenvalue weighted by atomic mass is 16.6. The van der Waals surface area contributed by atoms with E-state index in [4.69, 9.17) is 4.74 Å². The van der Waals surface area contributed by atoms with Gasteiger partial charge in [0, 0.05) is 13.0 Å². The third kappa shape index (κ3) is 11.5. The number of aryl methyl sites for hydroxylation is 1. The Kier molecular flexibility index (Phi) is 13.6. The molecule has 0 bridgehead atoms. The minimum Gasteiger partial charge on any atom is -0.480 e. The molecule has 0 spiro atoms. The van der Waals surface area contributed by atoms with E-state index in [0.29, 0.717) is 11.4 Å². The van der Waals surface area contributed by atoms with Crippen LogP contribution in [0.15, 0.2) is 60.7 Å². The average Bonchev–Trinajstić information content (AvgIpc) is 3.86. The van der Waals surface area contributed by atoms with E-state index in [-0.39, 0.29) is 24.8 Å². The van der Waals surface area contributed by atoms with Crippen LogP contribution in [-0.4, -0.2) is 88.4 Å². The van der Waals surface area contributed by atoms with Crippen LogP contribution in [0.5, 0.6) is 0 Å². The van der Waals surface area contributed by atoms with Gasteiger partial charge in [0.15, 0.2) is 12.2 Å². The fourth-order valence-corrected chi connectivity index (χ4v) is 4.54. The number of amides is 6. The number of rotatable bonds is 16. The number of epoxide rings is 1. The molecule has 3 rings (SSSR count). The molecule has 5 atom stereocenters. The van der Waals surface area contributed by atoms with Crippen LogP contribution in [-0.2, 0) is 51.3 Å². The third-order valence-electron chi connectivity index (χ3n) is 7.36. The summed E-state index contributed by atoms with van der Waals surface area (Å²) < 4.78 is 5.17. The first kappa shape index (κ1) is 37.2. The van der Waals surface area contributed by atoms with Gasteiger partial charge in [0.1, 0.15) is 24.7 Å². The largest absolute Gasteiger partial charge is 0.480 e. The summed E-state index contributed by atoms with van der Waals surface area (Å²) in [5.41, 5.74) is 3.98. The fourth-order valence-electron chi connectivity index (χ4n) is 4.54. The van der Waals surface area contributed by atoms with Crippen molar-refractivity contribution in [1.82, 2.24) is 31.7 Å². The number of aliphatic carboxylic acids is 1. The van der Waals surface area contributed by atoms with E-state index in [1.807, 2.05) is 60.7 Å². The molecule has 48 heavy (non-hydrogen) atoms. The molecule has 258 valence electrons. The van der Waals surface area contributed by atoms with Gasteiger partial charge in [0.25, 0.3) is 17.7 Å². The Labute approximate surface area is 278 Å². The standard InChI is InChI=1S/C33H42N6O9/c1-19(2)26(37-24(40)16-15-22-11-7-5-8-12-22)31(45)35-21(4)30(44)38-39(18-25(41)42)33(47)28-27(48-28)32(46)36-20(3)29(43)34-17-23-13-9-6-10-14-23/h5-14,19-21,26-28H,15-18H2,1-4H3,(H,34,43)(H,35,45)(H,36,46)(H,37,40)(H,38,44)(H,41,42)/t20?,21-,26-,27+,28+/m0/s1. The number of hydrogen-bond donors (Lipinski definition) is 6. The molecular formula is C33H42N6O9. The van der Waals surface area contributed by atoms with Crippen LogP contribution in [0.2, 0.25) is 0 Å². The van der Waals surface area contributed by atoms with Crippen LogP contribution in [0, 0.1) is 5.92 Å². The van der Waals surface area contributed by atoms with Crippen molar-refractivity contribution in [3.05, 3.63) is 71.8 Å². The monoisotopic (exact) mass is 666 g/mol. The lowest BCUT2D eigenvalue weighted by atomic mass is 10.0. The zero-order chi connectivity index (χ0) is 35.4. The number of nitrogens with zero attached hydrogens (tertiary/aromatic N) is 1. The van der Waals surface area contributed by atoms with E-state index in [2.05, 4.69) is 26.7 Å². The molecule has 0 aliphatic carbocycles. The predicted octanol–water partition coefficient (Wildman–Crippen LogP) is -0.202. The van der Waals surface area contributed by atoms with Gasteiger partial charge in [-0.25, -0.2) is 5.01 Å². The summed E-state index contributed by atoms with van der Waals surface area (Å²) in [5, 5.41) is 20.1. The molecule has 6 N–H and O–H groups in total. The van der Waals surface area contributed by atoms with Crippen molar-refractivity contribution in [2.75, 3.05) is 6.54 Å². The van der Waals surface area contributed by atoms with Gasteiger partial charge in [-0.3, -0.25) is 39.0 Å². The van der Waals surface area contributed by atoms with Gasteiger partial charge in [-0.1, -0.05) is 74.5 Å². The number of hydrazine groups is 1. The first-order valence-electron chi connectivity index (χ1n) is 15.5. The Morgan fingerprint density at radius 1 is 0.750 bits per heavy atom. The Morgan fingerprint density at radius 3 is 1.92 bits per heavy atom. The predicted molar refractivity (Wildman–Crippen MR) is 171 cm³/mol. The molecule has 0 saturated carbocycles. The number of nitrogens with one attached hydrogen (secondary N) is 5. The van der Waals surface area contributed by atoms with Gasteiger partial charge >= 0.3 is 5.97 Å². The molecule has 1 fully saturated rings. The van der Waals surface area contributed by atoms with Gasteiger partial charge in [0.2, 0.25) is 17.7 Å². The van der Waals surface area contributed by atoms with Crippen molar-refractivity contribution in [2.24, 2.45) is 5.92 Å². The van der Waals surface area contributed by atoms with Gasteiger partial charge in [-0.15, -0.1) is 0 Å². The van der Waals surface area contributed by atoms with E-state index in [0.717, 1.165) is 11.1 Å². The molecule has 15 heteroatoms. The lowest BCUT2D eigenvalue weighted by molar-refractivity contribution is -0.151. The lowest BCUT2D eigenvalue weighted by Crippen LogP contribution is -2.58. The summed E-state index contributed by atoms with van der Waals surface area (Å²) in [7, 11) is 0. The van der Waals surface area contributed by atoms with Gasteiger partial charge < -0.3 is 31.1 Å². The summed E-state index contributed by atoms with van der Waals surface area (Å²) >= 11 is 0. The topological polar surface area (TPSA) is 216 Å². The zero-order valence-electron chi connectivity index (χ0n) is 27.2. The second-order valence-electron chi connectivity index (χ2n) is 11.7. The molecular weight excluding hydrogens is 624 g/mol. The molecule has 1 saturated heterocycles. The molecule has 0 aromatic heterocycles. The maximum Gasteiger partial charge on any atom is 0.325 e. The molecule has 1 aliphatic heterocycles. The number of ether oxygens (including phenoxy) is 1. The molecule has 1 unspecified atom stereocenters. The summed E-state index contributed by atoms with van der Waals surface area (Å²) in [6, 6.07) is 15.3. The van der Waals surface area contributed by atoms with Gasteiger partial charge in [0.05, 0.1) is 0 Å². The third-order valence-corrected chi connectivity index (χ3v) is 7.36. The number of carbonyl (C=O) groups excluding carboxylic acids is 6. The van der Waals surface area contributed by atoms with E-state index in [9.17, 15) is 38.7 Å². The summed E-state index contributed by atoms with van der Waals surface area (Å²) in [5.74, 6) is -6.00. The van der Waals surface area contributed by atoms with Crippen molar-refractivity contribution in [1.29, 1.82) is 0 Å². The highest BCUT2D eigenvalue weighted by molar-refractivity contribution is 5.99. The number of hydrogen-bond acceptors (Lipinski definition) is 8. The highest BCUT2D eigenvalue weighted by Crippen LogP contribution is 2.24. The quantitative estimate of drug-likeness (QED) is 0.103. The first-order chi connectivity index (χ1) is 22.8. The molecule has 6 amide bonds. The van der Waals surface area contributed by atoms with Crippen molar-refractivity contribution >= 4 is 41.4 Å². The highest BCUT2D eigenvalue weighted by Gasteiger charge is 2.53. The second kappa shape index (κ2) is 17.6. The Hall–Kier alpha value is -5.31. The van der Waals surface area contributed by atoms with Gasteiger partial charge in [-0.2, -0.15) is 0 Å². The number of carbonyl (C=O) groups is 7. The summed E-state index contributed by atoms with van der Waals surface area (Å²) in [6.07, 6.45) is -2.11. The maximum atomic E-state index is 13.0. The van der Waals surface area contributed by atoms with Crippen LogP contribution in [0.4, 0.5) is 0 Å². The molecule has 2 aromatic carbocycles. The van der Waals surface area contributed by atoms with Crippen molar-refractivity contribution in [3.8, 4) is 0 Å². The molecule has 0 radical (unpaired) electrons. The number of carboxylic acid groups (broad SMARTS) is 1. The van der Waals surface area contributed by atoms with Crippen LogP contribution in [0.1, 0.15) is 45.2 Å². The molecule has 2 aromatic rings. The molecule has 15 nitrogen and oxygen atoms in total. The summed E-state index contributed by atoms with van der Waals surface area (Å²) in [4.78, 5) is 88.1. The van der Waals surface area contributed by atoms with E-state index >= 15 is 0 Å². The molecule has 1 aliphatic rings. The van der Waals surface area contributed by atoms with E-state index in [1.165, 1.54) is 13.8 Å². The van der Waals surface area contributed by atoms with Crippen LogP contribution < -0.4 is 26.7 Å². The molecule has 1 heterocycles. The zero-order valence-corrected chi connectivity index (χ0v) is 27.2. The summed E-state index contributed by atoms with van der Waals surface area (Å²) in [6.45, 7) is 5.48. The smallest absolute Gasteiger partial charge is 0.325 e. The van der Waals surface area contributed by atoms with Crippen molar-refractivity contribution < 1.29 is 43.4 Å². The lowest BCUT2D eigenvalue weighted by Gasteiger charge is -2.26. The first-order valence-corrected chi connectivity index (χ1v) is 15.5.